The highest BCUT2D eigenvalue weighted by Crippen LogP contribution is 2.12. The molecule has 1 aromatic heterocycles. The van der Waals surface area contributed by atoms with Crippen LogP contribution < -0.4 is 16.9 Å². The van der Waals surface area contributed by atoms with E-state index in [4.69, 9.17) is 10.8 Å². The molecule has 1 heterocycles. The molecule has 0 fully saturated rings. The van der Waals surface area contributed by atoms with E-state index >= 15 is 0 Å². The molecule has 1 aromatic carbocycles. The number of fused-ring (bicyclic) bond motifs is 1. The number of hydrogen-bond donors (Lipinski definition) is 3. The smallest absolute Gasteiger partial charge is 0.433 e. The predicted molar refractivity (Wildman–Crippen MR) is 56.7 cm³/mol. The van der Waals surface area contributed by atoms with Crippen molar-refractivity contribution in [2.45, 2.75) is 0 Å². The van der Waals surface area contributed by atoms with E-state index < -0.39 is 17.2 Å². The molecule has 0 radical (unpaired) electrons. The number of aromatic amines is 1. The van der Waals surface area contributed by atoms with E-state index in [0.29, 0.717) is 0 Å². The highest BCUT2D eigenvalue weighted by atomic mass is 16.4. The predicted octanol–water partition coefficient (Wildman–Crippen LogP) is -0.202. The number of H-pyrrole nitrogens is 1. The lowest BCUT2D eigenvalue weighted by atomic mass is 10.1. The summed E-state index contributed by atoms with van der Waals surface area (Å²) in [5.41, 5.74) is 4.07. The Morgan fingerprint density at radius 1 is 1.38 bits per heavy atom. The number of benzene rings is 1. The number of aromatic nitrogens is 2. The van der Waals surface area contributed by atoms with Crippen LogP contribution in [0.5, 0.6) is 0 Å². The van der Waals surface area contributed by atoms with Gasteiger partial charge in [-0.05, 0) is 12.1 Å². The van der Waals surface area contributed by atoms with Crippen molar-refractivity contribution in [3.8, 4) is 0 Å². The number of rotatable bonds is 0. The summed E-state index contributed by atoms with van der Waals surface area (Å²) in [6.45, 7) is 0. The molecule has 82 valence electrons. The van der Waals surface area contributed by atoms with Crippen LogP contribution in [0.4, 0.5) is 10.5 Å². The molecule has 0 aliphatic heterocycles. The summed E-state index contributed by atoms with van der Waals surface area (Å²) >= 11 is 0. The largest absolute Gasteiger partial charge is 0.463 e. The molecule has 0 saturated heterocycles. The molecular weight excluding hydrogens is 214 g/mol. The molecule has 7 heteroatoms. The van der Waals surface area contributed by atoms with Crippen molar-refractivity contribution in [1.29, 1.82) is 0 Å². The molecule has 4 N–H and O–H groups in total. The molecule has 0 atom stereocenters. The zero-order valence-electron chi connectivity index (χ0n) is 7.93. The van der Waals surface area contributed by atoms with Gasteiger partial charge in [-0.1, -0.05) is 6.07 Å². The van der Waals surface area contributed by atoms with Crippen LogP contribution in [0.2, 0.25) is 0 Å². The third-order valence-corrected chi connectivity index (χ3v) is 2.16. The van der Waals surface area contributed by atoms with E-state index in [1.165, 1.54) is 18.2 Å². The second kappa shape index (κ2) is 3.23. The van der Waals surface area contributed by atoms with Gasteiger partial charge in [0.15, 0.2) is 0 Å². The molecular formula is C9H7N3O4. The van der Waals surface area contributed by atoms with Gasteiger partial charge in [-0.25, -0.2) is 4.79 Å². The van der Waals surface area contributed by atoms with Crippen LogP contribution in [-0.2, 0) is 0 Å². The maximum Gasteiger partial charge on any atom is 0.433 e. The lowest BCUT2D eigenvalue weighted by molar-refractivity contribution is 0.191. The minimum atomic E-state index is -1.56. The molecule has 0 bridgehead atoms. The van der Waals surface area contributed by atoms with Gasteiger partial charge in [0.1, 0.15) is 0 Å². The van der Waals surface area contributed by atoms with Crippen LogP contribution in [0.15, 0.2) is 27.8 Å². The standard InChI is InChI=1S/C9H7N3O4/c10-5-3-1-2-4-6(5)8(14)12(9(15)16)11-7(4)13/h1-3H,10H2,(H,11,13)(H,15,16). The molecule has 0 amide bonds. The Labute approximate surface area is 87.7 Å². The van der Waals surface area contributed by atoms with Crippen molar-refractivity contribution in [3.63, 3.8) is 0 Å². The first kappa shape index (κ1) is 9.97. The van der Waals surface area contributed by atoms with Crippen molar-refractivity contribution in [2.24, 2.45) is 0 Å². The molecule has 0 saturated carbocycles. The van der Waals surface area contributed by atoms with E-state index in [1.54, 1.807) is 0 Å². The van der Waals surface area contributed by atoms with Gasteiger partial charge in [-0.15, -0.1) is 4.68 Å². The van der Waals surface area contributed by atoms with E-state index in [2.05, 4.69) is 0 Å². The molecule has 2 aromatic rings. The van der Waals surface area contributed by atoms with Crippen molar-refractivity contribution in [3.05, 3.63) is 38.9 Å². The molecule has 16 heavy (non-hydrogen) atoms. The fourth-order valence-electron chi connectivity index (χ4n) is 1.46. The molecule has 0 aliphatic carbocycles. The quantitative estimate of drug-likeness (QED) is 0.532. The third-order valence-electron chi connectivity index (χ3n) is 2.16. The number of nitrogens with zero attached hydrogens (tertiary/aromatic N) is 1. The molecule has 0 spiro atoms. The van der Waals surface area contributed by atoms with Crippen LogP contribution >= 0.6 is 0 Å². The van der Waals surface area contributed by atoms with E-state index in [0.717, 1.165) is 0 Å². The Kier molecular flexibility index (Phi) is 2.01. The average molecular weight is 221 g/mol. The Bertz CT molecular complexity index is 698. The Morgan fingerprint density at radius 3 is 2.69 bits per heavy atom. The van der Waals surface area contributed by atoms with Crippen LogP contribution in [0.3, 0.4) is 0 Å². The van der Waals surface area contributed by atoms with Crippen molar-refractivity contribution in [1.82, 2.24) is 9.78 Å². The molecule has 0 aliphatic rings. The number of hydrogen-bond acceptors (Lipinski definition) is 4. The fraction of sp³-hybridized carbons (Fsp3) is 0. The highest BCUT2D eigenvalue weighted by Gasteiger charge is 2.13. The molecule has 0 unspecified atom stereocenters. The van der Waals surface area contributed by atoms with Gasteiger partial charge in [-0.3, -0.25) is 14.7 Å². The summed E-state index contributed by atoms with van der Waals surface area (Å²) in [5, 5.41) is 10.6. The summed E-state index contributed by atoms with van der Waals surface area (Å²) in [6.07, 6.45) is -1.56. The second-order valence-corrected chi connectivity index (χ2v) is 3.13. The minimum absolute atomic E-state index is 0.0718. The van der Waals surface area contributed by atoms with Gasteiger partial charge in [0.25, 0.3) is 11.1 Å². The third kappa shape index (κ3) is 1.26. The van der Waals surface area contributed by atoms with Gasteiger partial charge < -0.3 is 10.8 Å². The topological polar surface area (TPSA) is 118 Å². The van der Waals surface area contributed by atoms with Crippen molar-refractivity contribution < 1.29 is 9.90 Å². The van der Waals surface area contributed by atoms with E-state index in [9.17, 15) is 14.4 Å². The maximum atomic E-state index is 11.7. The minimum Gasteiger partial charge on any atom is -0.463 e. The number of carboxylic acid groups (broad SMARTS) is 1. The first-order valence-corrected chi connectivity index (χ1v) is 4.29. The first-order chi connectivity index (χ1) is 7.52. The zero-order chi connectivity index (χ0) is 11.9. The lowest BCUT2D eigenvalue weighted by Crippen LogP contribution is -2.34. The van der Waals surface area contributed by atoms with Gasteiger partial charge in [0, 0.05) is 5.69 Å². The Balaban J connectivity index is 3.11. The lowest BCUT2D eigenvalue weighted by Gasteiger charge is -2.03. The number of nitrogens with one attached hydrogen (secondary N) is 1. The number of nitrogens with two attached hydrogens (primary N) is 1. The summed E-state index contributed by atoms with van der Waals surface area (Å²) in [7, 11) is 0. The summed E-state index contributed by atoms with van der Waals surface area (Å²) in [4.78, 5) is 33.8. The second-order valence-electron chi connectivity index (χ2n) is 3.13. The Morgan fingerprint density at radius 2 is 2.06 bits per heavy atom. The van der Waals surface area contributed by atoms with Crippen LogP contribution in [0.25, 0.3) is 10.8 Å². The van der Waals surface area contributed by atoms with Crippen LogP contribution in [0, 0.1) is 0 Å². The van der Waals surface area contributed by atoms with Gasteiger partial charge in [0.2, 0.25) is 0 Å². The maximum absolute atomic E-state index is 11.7. The summed E-state index contributed by atoms with van der Waals surface area (Å²) < 4.78 is 0.209. The molecule has 7 nitrogen and oxygen atoms in total. The van der Waals surface area contributed by atoms with Crippen LogP contribution in [-0.4, -0.2) is 21.0 Å². The SMILES string of the molecule is Nc1cccc2c(=O)[nH]n(C(=O)O)c(=O)c12. The normalized spacial score (nSPS) is 10.5. The summed E-state index contributed by atoms with van der Waals surface area (Å²) in [5.74, 6) is 0. The number of carbonyl (C=O) groups is 1. The van der Waals surface area contributed by atoms with Gasteiger partial charge in [0.05, 0.1) is 10.8 Å². The monoisotopic (exact) mass is 221 g/mol. The van der Waals surface area contributed by atoms with Gasteiger partial charge in [-0.2, -0.15) is 0 Å². The van der Waals surface area contributed by atoms with E-state index in [1.807, 2.05) is 5.10 Å². The Hall–Kier alpha value is -2.57. The van der Waals surface area contributed by atoms with Gasteiger partial charge >= 0.3 is 6.09 Å². The van der Waals surface area contributed by atoms with Crippen molar-refractivity contribution >= 4 is 22.6 Å². The van der Waals surface area contributed by atoms with Crippen LogP contribution in [0.1, 0.15) is 0 Å². The number of nitrogen functional groups attached to an aromatic ring is 1. The average Bonchev–Trinajstić information content (AvgIpc) is 2.22. The molecule has 2 rings (SSSR count). The van der Waals surface area contributed by atoms with E-state index in [-0.39, 0.29) is 21.1 Å². The zero-order valence-corrected chi connectivity index (χ0v) is 7.93. The van der Waals surface area contributed by atoms with Crippen molar-refractivity contribution in [2.75, 3.05) is 5.73 Å². The number of anilines is 1. The highest BCUT2D eigenvalue weighted by molar-refractivity contribution is 5.92. The fourth-order valence-corrected chi connectivity index (χ4v) is 1.46. The first-order valence-electron chi connectivity index (χ1n) is 4.29. The summed E-state index contributed by atoms with van der Waals surface area (Å²) in [6, 6.07) is 4.34.